The molecule has 0 amide bonds. The molecule has 2 unspecified atom stereocenters. The molecule has 1 heterocycles. The van der Waals surface area contributed by atoms with E-state index in [1.165, 1.54) is 6.29 Å². The summed E-state index contributed by atoms with van der Waals surface area (Å²) in [5.74, 6) is 0.491. The predicted molar refractivity (Wildman–Crippen MR) is 45.8 cm³/mol. The minimum atomic E-state index is -0.0382. The molecule has 2 rings (SSSR count). The van der Waals surface area contributed by atoms with E-state index in [9.17, 15) is 4.79 Å². The molecule has 0 aromatic carbocycles. The Bertz CT molecular complexity index is 204. The normalized spacial score (nSPS) is 44.3. The largest absolute Gasteiger partial charge is 0.381 e. The van der Waals surface area contributed by atoms with Crippen molar-refractivity contribution in [3.63, 3.8) is 0 Å². The Morgan fingerprint density at radius 1 is 1.50 bits per heavy atom. The van der Waals surface area contributed by atoms with Gasteiger partial charge in [-0.1, -0.05) is 13.8 Å². The molecule has 1 saturated carbocycles. The van der Waals surface area contributed by atoms with E-state index in [0.717, 1.165) is 26.1 Å². The zero-order valence-electron chi connectivity index (χ0n) is 7.80. The van der Waals surface area contributed by atoms with E-state index in [1.807, 2.05) is 0 Å². The third-order valence-electron chi connectivity index (χ3n) is 3.74. The van der Waals surface area contributed by atoms with Gasteiger partial charge in [0.2, 0.25) is 0 Å². The molecule has 0 aromatic rings. The summed E-state index contributed by atoms with van der Waals surface area (Å²) in [6, 6.07) is 0. The zero-order chi connectivity index (χ0) is 8.82. The Balaban J connectivity index is 2.15. The number of aldehydes is 1. The molecule has 0 bridgehead atoms. The zero-order valence-corrected chi connectivity index (χ0v) is 7.80. The van der Waals surface area contributed by atoms with Crippen LogP contribution in [0.1, 0.15) is 26.7 Å². The smallest absolute Gasteiger partial charge is 0.127 e. The Hall–Kier alpha value is -0.370. The lowest BCUT2D eigenvalue weighted by Crippen LogP contribution is -2.23. The number of hydrogen-bond donors (Lipinski definition) is 0. The van der Waals surface area contributed by atoms with Gasteiger partial charge >= 0.3 is 0 Å². The van der Waals surface area contributed by atoms with E-state index < -0.39 is 0 Å². The Labute approximate surface area is 73.3 Å². The van der Waals surface area contributed by atoms with E-state index in [2.05, 4.69) is 13.8 Å². The van der Waals surface area contributed by atoms with E-state index in [0.29, 0.717) is 5.92 Å². The number of hydrogen-bond acceptors (Lipinski definition) is 2. The molecule has 1 aliphatic heterocycles. The molecule has 2 fully saturated rings. The summed E-state index contributed by atoms with van der Waals surface area (Å²) in [6.45, 7) is 6.00. The first kappa shape index (κ1) is 8.24. The van der Waals surface area contributed by atoms with Gasteiger partial charge in [0.25, 0.3) is 0 Å². The Morgan fingerprint density at radius 2 is 2.17 bits per heavy atom. The minimum absolute atomic E-state index is 0.0382. The highest BCUT2D eigenvalue weighted by Crippen LogP contribution is 2.67. The quantitative estimate of drug-likeness (QED) is 0.586. The van der Waals surface area contributed by atoms with Gasteiger partial charge in [-0.25, -0.2) is 0 Å². The molecule has 68 valence electrons. The van der Waals surface area contributed by atoms with Crippen molar-refractivity contribution in [3.05, 3.63) is 0 Å². The molecule has 2 nitrogen and oxygen atoms in total. The van der Waals surface area contributed by atoms with Crippen molar-refractivity contribution in [3.8, 4) is 0 Å². The summed E-state index contributed by atoms with van der Waals surface area (Å²) in [6.07, 6.45) is 3.30. The Morgan fingerprint density at radius 3 is 2.50 bits per heavy atom. The second-order valence-corrected chi connectivity index (χ2v) is 4.78. The first-order valence-corrected chi connectivity index (χ1v) is 4.66. The lowest BCUT2D eigenvalue weighted by atomic mass is 9.83. The molecule has 0 radical (unpaired) electrons. The summed E-state index contributed by atoms with van der Waals surface area (Å²) in [7, 11) is 0. The minimum Gasteiger partial charge on any atom is -0.381 e. The standard InChI is InChI=1S/C10H16O2/c1-9(2)6-10(9,7-11)8-3-4-12-5-8/h7-8H,3-6H2,1-2H3. The average molecular weight is 168 g/mol. The molecule has 12 heavy (non-hydrogen) atoms. The lowest BCUT2D eigenvalue weighted by molar-refractivity contribution is -0.115. The highest BCUT2D eigenvalue weighted by atomic mass is 16.5. The lowest BCUT2D eigenvalue weighted by Gasteiger charge is -2.19. The van der Waals surface area contributed by atoms with E-state index >= 15 is 0 Å². The molecule has 2 atom stereocenters. The molecule has 1 aliphatic carbocycles. The van der Waals surface area contributed by atoms with Crippen LogP contribution in [-0.4, -0.2) is 19.5 Å². The van der Waals surface area contributed by atoms with Gasteiger partial charge in [-0.15, -0.1) is 0 Å². The fourth-order valence-electron chi connectivity index (χ4n) is 2.62. The van der Waals surface area contributed by atoms with Crippen molar-refractivity contribution < 1.29 is 9.53 Å². The summed E-state index contributed by atoms with van der Waals surface area (Å²) >= 11 is 0. The molecule has 1 saturated heterocycles. The summed E-state index contributed by atoms with van der Waals surface area (Å²) in [5.41, 5.74) is 0.191. The van der Waals surface area contributed by atoms with Gasteiger partial charge < -0.3 is 9.53 Å². The molecule has 0 aromatic heterocycles. The van der Waals surface area contributed by atoms with Gasteiger partial charge in [0.15, 0.2) is 0 Å². The van der Waals surface area contributed by atoms with Crippen molar-refractivity contribution in [2.24, 2.45) is 16.7 Å². The second-order valence-electron chi connectivity index (χ2n) is 4.78. The third-order valence-corrected chi connectivity index (χ3v) is 3.74. The number of ether oxygens (including phenoxy) is 1. The molecular weight excluding hydrogens is 152 g/mol. The maximum atomic E-state index is 11.0. The van der Waals surface area contributed by atoms with Crippen LogP contribution in [0, 0.1) is 16.7 Å². The first-order chi connectivity index (χ1) is 5.62. The summed E-state index contributed by atoms with van der Waals surface area (Å²) in [5, 5.41) is 0. The van der Waals surface area contributed by atoms with Crippen molar-refractivity contribution in [2.45, 2.75) is 26.7 Å². The van der Waals surface area contributed by atoms with Crippen LogP contribution in [0.5, 0.6) is 0 Å². The van der Waals surface area contributed by atoms with Crippen molar-refractivity contribution in [2.75, 3.05) is 13.2 Å². The molecule has 0 N–H and O–H groups in total. The van der Waals surface area contributed by atoms with Crippen LogP contribution < -0.4 is 0 Å². The van der Waals surface area contributed by atoms with E-state index in [1.54, 1.807) is 0 Å². The molecule has 0 spiro atoms. The predicted octanol–water partition coefficient (Wildman–Crippen LogP) is 1.64. The van der Waals surface area contributed by atoms with Crippen LogP contribution >= 0.6 is 0 Å². The summed E-state index contributed by atoms with van der Waals surface area (Å²) in [4.78, 5) is 11.0. The van der Waals surface area contributed by atoms with Gasteiger partial charge in [-0.2, -0.15) is 0 Å². The van der Waals surface area contributed by atoms with Crippen LogP contribution in [-0.2, 0) is 9.53 Å². The van der Waals surface area contributed by atoms with Crippen LogP contribution in [0.3, 0.4) is 0 Å². The van der Waals surface area contributed by atoms with Gasteiger partial charge in [-0.3, -0.25) is 0 Å². The average Bonchev–Trinajstić information content (AvgIpc) is 2.52. The van der Waals surface area contributed by atoms with Crippen LogP contribution in [0.25, 0.3) is 0 Å². The fraction of sp³-hybridized carbons (Fsp3) is 0.900. The van der Waals surface area contributed by atoms with Gasteiger partial charge in [-0.05, 0) is 24.2 Å². The number of carbonyl (C=O) groups is 1. The number of carbonyl (C=O) groups excluding carboxylic acids is 1. The van der Waals surface area contributed by atoms with Crippen molar-refractivity contribution in [1.82, 2.24) is 0 Å². The topological polar surface area (TPSA) is 26.3 Å². The van der Waals surface area contributed by atoms with Crippen LogP contribution in [0.4, 0.5) is 0 Å². The maximum Gasteiger partial charge on any atom is 0.127 e. The van der Waals surface area contributed by atoms with E-state index in [-0.39, 0.29) is 10.8 Å². The summed E-state index contributed by atoms with van der Waals surface area (Å²) < 4.78 is 5.32. The van der Waals surface area contributed by atoms with Crippen LogP contribution in [0.15, 0.2) is 0 Å². The SMILES string of the molecule is CC1(C)CC1(C=O)C1CCOC1. The van der Waals surface area contributed by atoms with Crippen molar-refractivity contribution in [1.29, 1.82) is 0 Å². The second kappa shape index (κ2) is 2.32. The third kappa shape index (κ3) is 0.875. The highest BCUT2D eigenvalue weighted by molar-refractivity contribution is 5.67. The Kier molecular flexibility index (Phi) is 1.59. The molecule has 2 aliphatic rings. The van der Waals surface area contributed by atoms with Crippen molar-refractivity contribution >= 4 is 6.29 Å². The highest BCUT2D eigenvalue weighted by Gasteiger charge is 2.65. The molecular formula is C10H16O2. The van der Waals surface area contributed by atoms with Gasteiger partial charge in [0.05, 0.1) is 6.61 Å². The monoisotopic (exact) mass is 168 g/mol. The molecule has 2 heteroatoms. The van der Waals surface area contributed by atoms with Crippen LogP contribution in [0.2, 0.25) is 0 Å². The van der Waals surface area contributed by atoms with Gasteiger partial charge in [0, 0.05) is 12.0 Å². The van der Waals surface area contributed by atoms with E-state index in [4.69, 9.17) is 4.74 Å². The number of rotatable bonds is 2. The first-order valence-electron chi connectivity index (χ1n) is 4.66. The maximum absolute atomic E-state index is 11.0. The van der Waals surface area contributed by atoms with Gasteiger partial charge in [0.1, 0.15) is 6.29 Å². The fourth-order valence-corrected chi connectivity index (χ4v) is 2.62.